The van der Waals surface area contributed by atoms with Gasteiger partial charge in [-0.1, -0.05) is 61.2 Å². The first-order valence-corrected chi connectivity index (χ1v) is 10.4. The number of nitrogens with one attached hydrogen (secondary N) is 2. The quantitative estimate of drug-likeness (QED) is 0.310. The van der Waals surface area contributed by atoms with E-state index in [1.165, 1.54) is 5.56 Å². The number of aryl methyl sites for hydroxylation is 1. The molecular formula is C26H28N2O3. The first-order chi connectivity index (χ1) is 15.2. The van der Waals surface area contributed by atoms with Crippen molar-refractivity contribution < 1.29 is 14.3 Å². The molecular weight excluding hydrogens is 388 g/mol. The van der Waals surface area contributed by atoms with E-state index >= 15 is 0 Å². The van der Waals surface area contributed by atoms with Crippen molar-refractivity contribution >= 4 is 17.3 Å². The third-order valence-electron chi connectivity index (χ3n) is 4.53. The van der Waals surface area contributed by atoms with Gasteiger partial charge in [-0.3, -0.25) is 4.79 Å². The summed E-state index contributed by atoms with van der Waals surface area (Å²) >= 11 is 0. The number of para-hydroxylation sites is 2. The molecule has 0 saturated heterocycles. The Hall–Kier alpha value is -3.73. The van der Waals surface area contributed by atoms with E-state index in [4.69, 9.17) is 9.47 Å². The summed E-state index contributed by atoms with van der Waals surface area (Å²) < 4.78 is 11.4. The number of benzene rings is 3. The van der Waals surface area contributed by atoms with Crippen LogP contribution >= 0.6 is 0 Å². The van der Waals surface area contributed by atoms with Crippen LogP contribution in [0, 0.1) is 0 Å². The molecule has 3 aromatic carbocycles. The number of hydrogen-bond acceptors (Lipinski definition) is 4. The molecule has 2 N–H and O–H groups in total. The Balaban J connectivity index is 1.47. The maximum atomic E-state index is 12.4. The smallest absolute Gasteiger partial charge is 0.243 e. The van der Waals surface area contributed by atoms with Crippen LogP contribution in [0.1, 0.15) is 12.0 Å². The fraction of sp³-hybridized carbons (Fsp3) is 0.192. The van der Waals surface area contributed by atoms with Gasteiger partial charge < -0.3 is 20.1 Å². The van der Waals surface area contributed by atoms with Gasteiger partial charge in [-0.2, -0.15) is 0 Å². The monoisotopic (exact) mass is 416 g/mol. The van der Waals surface area contributed by atoms with Crippen LogP contribution in [-0.2, 0) is 11.2 Å². The Morgan fingerprint density at radius 1 is 0.935 bits per heavy atom. The summed E-state index contributed by atoms with van der Waals surface area (Å²) in [6.45, 7) is 4.79. The number of carbonyl (C=O) groups is 1. The van der Waals surface area contributed by atoms with Crippen LogP contribution in [-0.4, -0.2) is 25.7 Å². The first kappa shape index (κ1) is 22.0. The molecule has 31 heavy (non-hydrogen) atoms. The van der Waals surface area contributed by atoms with Crippen LogP contribution in [0.15, 0.2) is 91.5 Å². The number of rotatable bonds is 12. The van der Waals surface area contributed by atoms with Gasteiger partial charge in [0.2, 0.25) is 5.91 Å². The molecule has 0 spiro atoms. The second-order valence-corrected chi connectivity index (χ2v) is 6.96. The highest BCUT2D eigenvalue weighted by Crippen LogP contribution is 2.24. The van der Waals surface area contributed by atoms with Crippen molar-refractivity contribution in [2.24, 2.45) is 0 Å². The molecule has 5 nitrogen and oxygen atoms in total. The van der Waals surface area contributed by atoms with Gasteiger partial charge in [-0.25, -0.2) is 0 Å². The molecule has 0 bridgehead atoms. The Labute approximate surface area is 183 Å². The Morgan fingerprint density at radius 2 is 1.74 bits per heavy atom. The van der Waals surface area contributed by atoms with Crippen molar-refractivity contribution in [1.29, 1.82) is 0 Å². The molecule has 0 aliphatic rings. The predicted octanol–water partition coefficient (Wildman–Crippen LogP) is 5.31. The van der Waals surface area contributed by atoms with Crippen LogP contribution in [0.3, 0.4) is 0 Å². The fourth-order valence-corrected chi connectivity index (χ4v) is 3.03. The number of carbonyl (C=O) groups excluding carboxylic acids is 1. The van der Waals surface area contributed by atoms with Gasteiger partial charge in [-0.05, 0) is 42.7 Å². The van der Waals surface area contributed by atoms with Gasteiger partial charge in [0.1, 0.15) is 18.1 Å². The normalized spacial score (nSPS) is 10.2. The molecule has 0 aliphatic heterocycles. The molecule has 0 heterocycles. The van der Waals surface area contributed by atoms with Crippen molar-refractivity contribution in [2.45, 2.75) is 12.8 Å². The van der Waals surface area contributed by atoms with E-state index < -0.39 is 0 Å². The molecule has 3 aromatic rings. The highest BCUT2D eigenvalue weighted by molar-refractivity contribution is 5.95. The molecule has 5 heteroatoms. The summed E-state index contributed by atoms with van der Waals surface area (Å²) in [6, 6.07) is 25.3. The standard InChI is InChI=1S/C26H28N2O3/c1-2-17-30-23-14-8-13-22(19-23)27-20-26(29)28-24-15-6-7-16-25(24)31-18-9-12-21-10-4-3-5-11-21/h2-8,10-11,13-16,19,27H,1,9,12,17-18,20H2,(H,28,29). The minimum Gasteiger partial charge on any atom is -0.491 e. The molecule has 1 amide bonds. The van der Waals surface area contributed by atoms with Gasteiger partial charge in [0, 0.05) is 11.8 Å². The summed E-state index contributed by atoms with van der Waals surface area (Å²) in [6.07, 6.45) is 3.54. The number of hydrogen-bond donors (Lipinski definition) is 2. The average Bonchev–Trinajstić information content (AvgIpc) is 2.81. The Morgan fingerprint density at radius 3 is 2.58 bits per heavy atom. The zero-order valence-corrected chi connectivity index (χ0v) is 17.6. The van der Waals surface area contributed by atoms with Crippen molar-refractivity contribution in [3.63, 3.8) is 0 Å². The van der Waals surface area contributed by atoms with E-state index in [-0.39, 0.29) is 12.5 Å². The molecule has 0 aromatic heterocycles. The summed E-state index contributed by atoms with van der Waals surface area (Å²) in [5, 5.41) is 6.03. The van der Waals surface area contributed by atoms with Gasteiger partial charge >= 0.3 is 0 Å². The SMILES string of the molecule is C=CCOc1cccc(NCC(=O)Nc2ccccc2OCCCc2ccccc2)c1. The summed E-state index contributed by atoms with van der Waals surface area (Å²) in [5.74, 6) is 1.24. The van der Waals surface area contributed by atoms with E-state index in [0.717, 1.165) is 24.3 Å². The Bertz CT molecular complexity index is 973. The summed E-state index contributed by atoms with van der Waals surface area (Å²) in [4.78, 5) is 12.4. The minimum atomic E-state index is -0.155. The maximum absolute atomic E-state index is 12.4. The van der Waals surface area contributed by atoms with Crippen LogP contribution in [0.4, 0.5) is 11.4 Å². The van der Waals surface area contributed by atoms with Crippen LogP contribution in [0.5, 0.6) is 11.5 Å². The van der Waals surface area contributed by atoms with Crippen molar-refractivity contribution in [3.8, 4) is 11.5 Å². The summed E-state index contributed by atoms with van der Waals surface area (Å²) in [5.41, 5.74) is 2.76. The minimum absolute atomic E-state index is 0.132. The second-order valence-electron chi connectivity index (χ2n) is 6.96. The van der Waals surface area contributed by atoms with Crippen LogP contribution < -0.4 is 20.1 Å². The lowest BCUT2D eigenvalue weighted by Gasteiger charge is -2.13. The van der Waals surface area contributed by atoms with Crippen molar-refractivity contribution in [3.05, 3.63) is 97.1 Å². The third kappa shape index (κ3) is 7.55. The van der Waals surface area contributed by atoms with Gasteiger partial charge in [0.05, 0.1) is 18.8 Å². The highest BCUT2D eigenvalue weighted by Gasteiger charge is 2.08. The highest BCUT2D eigenvalue weighted by atomic mass is 16.5. The van der Waals surface area contributed by atoms with Gasteiger partial charge in [0.25, 0.3) is 0 Å². The molecule has 0 unspecified atom stereocenters. The maximum Gasteiger partial charge on any atom is 0.243 e. The molecule has 0 fully saturated rings. The summed E-state index contributed by atoms with van der Waals surface area (Å²) in [7, 11) is 0. The van der Waals surface area contributed by atoms with E-state index in [1.807, 2.05) is 66.7 Å². The molecule has 0 saturated carbocycles. The lowest BCUT2D eigenvalue weighted by atomic mass is 10.1. The molecule has 0 radical (unpaired) electrons. The Kier molecular flexibility index (Phi) is 8.56. The number of ether oxygens (including phenoxy) is 2. The lowest BCUT2D eigenvalue weighted by Crippen LogP contribution is -2.22. The zero-order chi connectivity index (χ0) is 21.7. The van der Waals surface area contributed by atoms with Crippen LogP contribution in [0.25, 0.3) is 0 Å². The van der Waals surface area contributed by atoms with E-state index in [0.29, 0.717) is 24.7 Å². The molecule has 3 rings (SSSR count). The largest absolute Gasteiger partial charge is 0.491 e. The van der Waals surface area contributed by atoms with E-state index in [9.17, 15) is 4.79 Å². The van der Waals surface area contributed by atoms with E-state index in [2.05, 4.69) is 29.3 Å². The van der Waals surface area contributed by atoms with Crippen molar-refractivity contribution in [1.82, 2.24) is 0 Å². The average molecular weight is 417 g/mol. The third-order valence-corrected chi connectivity index (χ3v) is 4.53. The molecule has 160 valence electrons. The number of anilines is 2. The zero-order valence-electron chi connectivity index (χ0n) is 17.6. The van der Waals surface area contributed by atoms with Crippen LogP contribution in [0.2, 0.25) is 0 Å². The van der Waals surface area contributed by atoms with Crippen molar-refractivity contribution in [2.75, 3.05) is 30.4 Å². The van der Waals surface area contributed by atoms with Gasteiger partial charge in [-0.15, -0.1) is 0 Å². The predicted molar refractivity (Wildman–Crippen MR) is 126 cm³/mol. The molecule has 0 atom stereocenters. The first-order valence-electron chi connectivity index (χ1n) is 10.4. The second kappa shape index (κ2) is 12.1. The van der Waals surface area contributed by atoms with Gasteiger partial charge in [0.15, 0.2) is 0 Å². The lowest BCUT2D eigenvalue weighted by molar-refractivity contribution is -0.114. The van der Waals surface area contributed by atoms with E-state index in [1.54, 1.807) is 6.08 Å². The topological polar surface area (TPSA) is 59.6 Å². The fourth-order valence-electron chi connectivity index (χ4n) is 3.03. The molecule has 0 aliphatic carbocycles. The number of amides is 1.